The normalized spacial score (nSPS) is 17.3. The highest BCUT2D eigenvalue weighted by molar-refractivity contribution is 7.18. The number of thiazole rings is 1. The number of carbonyl (C=O) groups excluding carboxylic acids is 2. The number of hydrogen-bond donors (Lipinski definition) is 1. The fourth-order valence-corrected chi connectivity index (χ4v) is 5.05. The Morgan fingerprint density at radius 3 is 2.96 bits per heavy atom. The van der Waals surface area contributed by atoms with Gasteiger partial charge in [0, 0.05) is 36.9 Å². The molecule has 4 rings (SSSR count). The number of aromatic nitrogens is 1. The maximum Gasteiger partial charge on any atom is 0.264 e. The molecule has 130 valence electrons. The fourth-order valence-electron chi connectivity index (χ4n) is 3.20. The van der Waals surface area contributed by atoms with Gasteiger partial charge in [0.1, 0.15) is 4.83 Å². The summed E-state index contributed by atoms with van der Waals surface area (Å²) in [5.74, 6) is -0.0958. The molecule has 0 radical (unpaired) electrons. The molecule has 1 aliphatic rings. The molecule has 2 amide bonds. The third-order valence-electron chi connectivity index (χ3n) is 4.43. The topological polar surface area (TPSA) is 53.8 Å². The number of carbonyl (C=O) groups is 2. The molecule has 4 heterocycles. The summed E-state index contributed by atoms with van der Waals surface area (Å²) in [6.45, 7) is 1.18. The van der Waals surface area contributed by atoms with Crippen molar-refractivity contribution in [2.75, 3.05) is 13.1 Å². The molecule has 25 heavy (non-hydrogen) atoms. The van der Waals surface area contributed by atoms with Gasteiger partial charge in [-0.1, -0.05) is 11.6 Å². The summed E-state index contributed by atoms with van der Waals surface area (Å²) in [5.41, 5.74) is 0.677. The molecule has 1 N–H and O–H groups in total. The van der Waals surface area contributed by atoms with E-state index in [1.807, 2.05) is 33.1 Å². The number of nitrogens with one attached hydrogen (secondary N) is 1. The van der Waals surface area contributed by atoms with Crippen LogP contribution in [0.5, 0.6) is 0 Å². The van der Waals surface area contributed by atoms with Crippen molar-refractivity contribution in [1.82, 2.24) is 14.6 Å². The van der Waals surface area contributed by atoms with Crippen molar-refractivity contribution in [3.63, 3.8) is 0 Å². The average Bonchev–Trinajstić information content (AvgIpc) is 3.35. The molecule has 0 bridgehead atoms. The van der Waals surface area contributed by atoms with Gasteiger partial charge in [-0.05, 0) is 31.0 Å². The lowest BCUT2D eigenvalue weighted by atomic mass is 10.2. The van der Waals surface area contributed by atoms with E-state index in [2.05, 4.69) is 5.32 Å². The summed E-state index contributed by atoms with van der Waals surface area (Å²) in [6, 6.07) is 5.36. The van der Waals surface area contributed by atoms with Crippen LogP contribution < -0.4 is 5.32 Å². The first-order chi connectivity index (χ1) is 12.1. The monoisotopic (exact) mass is 393 g/mol. The Labute approximate surface area is 157 Å². The Hall–Kier alpha value is -1.83. The summed E-state index contributed by atoms with van der Waals surface area (Å²) in [7, 11) is 0. The number of fused-ring (bicyclic) bond motifs is 1. The first kappa shape index (κ1) is 16.6. The number of halogens is 1. The van der Waals surface area contributed by atoms with E-state index < -0.39 is 0 Å². The van der Waals surface area contributed by atoms with Crippen molar-refractivity contribution in [2.45, 2.75) is 18.9 Å². The second-order valence-electron chi connectivity index (χ2n) is 5.95. The van der Waals surface area contributed by atoms with Crippen LogP contribution in [0.4, 0.5) is 0 Å². The van der Waals surface area contributed by atoms with Gasteiger partial charge < -0.3 is 14.6 Å². The van der Waals surface area contributed by atoms with E-state index in [1.54, 1.807) is 12.1 Å². The van der Waals surface area contributed by atoms with Gasteiger partial charge in [0.2, 0.25) is 0 Å². The van der Waals surface area contributed by atoms with Gasteiger partial charge in [-0.2, -0.15) is 0 Å². The van der Waals surface area contributed by atoms with Crippen molar-refractivity contribution >= 4 is 50.9 Å². The molecule has 3 aromatic heterocycles. The molecule has 3 aromatic rings. The summed E-state index contributed by atoms with van der Waals surface area (Å²) in [6.07, 6.45) is 5.66. The van der Waals surface area contributed by atoms with E-state index in [1.165, 1.54) is 22.7 Å². The van der Waals surface area contributed by atoms with E-state index in [-0.39, 0.29) is 17.9 Å². The van der Waals surface area contributed by atoms with Gasteiger partial charge in [0.05, 0.1) is 14.8 Å². The maximum atomic E-state index is 12.6. The Balaban J connectivity index is 1.42. The molecular weight excluding hydrogens is 378 g/mol. The van der Waals surface area contributed by atoms with Crippen molar-refractivity contribution in [1.29, 1.82) is 0 Å². The number of likely N-dealkylation sites (tertiary alicyclic amines) is 1. The van der Waals surface area contributed by atoms with Crippen LogP contribution in [0.2, 0.25) is 4.34 Å². The zero-order chi connectivity index (χ0) is 17.4. The zero-order valence-corrected chi connectivity index (χ0v) is 15.7. The smallest absolute Gasteiger partial charge is 0.264 e. The number of thiophene rings is 1. The summed E-state index contributed by atoms with van der Waals surface area (Å²) in [4.78, 5) is 28.6. The second-order valence-corrected chi connectivity index (χ2v) is 8.56. The maximum absolute atomic E-state index is 12.6. The molecule has 1 saturated heterocycles. The zero-order valence-electron chi connectivity index (χ0n) is 13.3. The highest BCUT2D eigenvalue weighted by atomic mass is 35.5. The molecule has 0 spiro atoms. The van der Waals surface area contributed by atoms with E-state index in [0.717, 1.165) is 24.2 Å². The minimum atomic E-state index is -0.0941. The Morgan fingerprint density at radius 2 is 2.16 bits per heavy atom. The first-order valence-corrected chi connectivity index (χ1v) is 10.1. The van der Waals surface area contributed by atoms with Crippen LogP contribution in [0.1, 0.15) is 32.9 Å². The first-order valence-electron chi connectivity index (χ1n) is 8.02. The molecule has 1 aliphatic heterocycles. The largest absolute Gasteiger partial charge is 0.350 e. The molecule has 8 heteroatoms. The third-order valence-corrected chi connectivity index (χ3v) is 6.56. The van der Waals surface area contributed by atoms with Gasteiger partial charge in [-0.25, -0.2) is 0 Å². The van der Waals surface area contributed by atoms with Gasteiger partial charge in [-0.15, -0.1) is 22.7 Å². The van der Waals surface area contributed by atoms with Gasteiger partial charge >= 0.3 is 0 Å². The average molecular weight is 394 g/mol. The molecule has 0 aromatic carbocycles. The molecule has 0 saturated carbocycles. The summed E-state index contributed by atoms with van der Waals surface area (Å²) < 4.78 is 2.55. The highest BCUT2D eigenvalue weighted by Gasteiger charge is 2.30. The quantitative estimate of drug-likeness (QED) is 0.733. The van der Waals surface area contributed by atoms with Crippen LogP contribution in [0.15, 0.2) is 36.0 Å². The van der Waals surface area contributed by atoms with E-state index in [0.29, 0.717) is 21.3 Å². The summed E-state index contributed by atoms with van der Waals surface area (Å²) in [5, 5.41) is 4.94. The van der Waals surface area contributed by atoms with Crippen LogP contribution in [0, 0.1) is 0 Å². The Morgan fingerprint density at radius 1 is 1.28 bits per heavy atom. The van der Waals surface area contributed by atoms with Crippen molar-refractivity contribution < 1.29 is 9.59 Å². The minimum absolute atomic E-state index is 0.00170. The second kappa shape index (κ2) is 6.82. The third kappa shape index (κ3) is 3.19. The van der Waals surface area contributed by atoms with Crippen LogP contribution >= 0.6 is 34.3 Å². The lowest BCUT2D eigenvalue weighted by molar-refractivity contribution is 0.0730. The summed E-state index contributed by atoms with van der Waals surface area (Å²) >= 11 is 8.77. The van der Waals surface area contributed by atoms with E-state index in [4.69, 9.17) is 11.6 Å². The molecule has 0 aliphatic carbocycles. The van der Waals surface area contributed by atoms with Crippen LogP contribution in [0.25, 0.3) is 4.83 Å². The molecule has 1 fully saturated rings. The fraction of sp³-hybridized carbons (Fsp3) is 0.294. The number of nitrogens with zero attached hydrogens (tertiary/aromatic N) is 2. The van der Waals surface area contributed by atoms with E-state index in [9.17, 15) is 9.59 Å². The lowest BCUT2D eigenvalue weighted by Gasteiger charge is -2.24. The van der Waals surface area contributed by atoms with Crippen LogP contribution in [0.3, 0.4) is 0 Å². The molecule has 1 atom stereocenters. The number of hydrogen-bond acceptors (Lipinski definition) is 4. The van der Waals surface area contributed by atoms with Gasteiger partial charge in [0.15, 0.2) is 0 Å². The molecule has 0 unspecified atom stereocenters. The van der Waals surface area contributed by atoms with Gasteiger partial charge in [-0.3, -0.25) is 9.59 Å². The standard InChI is InChI=1S/C17H16ClN3O2S2/c18-14-4-3-13(25-14)16(23)21-6-1-2-11(21)10-19-15(22)12-5-7-20-8-9-24-17(12)20/h3-5,7-9,11H,1-2,6,10H2,(H,19,22)/t11-/m1/s1. The van der Waals surface area contributed by atoms with Crippen LogP contribution in [-0.2, 0) is 0 Å². The number of rotatable bonds is 4. The van der Waals surface area contributed by atoms with Crippen molar-refractivity contribution in [3.05, 3.63) is 50.7 Å². The van der Waals surface area contributed by atoms with Crippen LogP contribution in [-0.4, -0.2) is 40.2 Å². The molecular formula is C17H16ClN3O2S2. The molecule has 5 nitrogen and oxygen atoms in total. The highest BCUT2D eigenvalue weighted by Crippen LogP contribution is 2.26. The van der Waals surface area contributed by atoms with Crippen molar-refractivity contribution in [2.24, 2.45) is 0 Å². The predicted molar refractivity (Wildman–Crippen MR) is 101 cm³/mol. The SMILES string of the molecule is O=C(NC[C@H]1CCCN1C(=O)c1ccc(Cl)s1)c1ccn2ccsc12. The lowest BCUT2D eigenvalue weighted by Crippen LogP contribution is -2.42. The van der Waals surface area contributed by atoms with E-state index >= 15 is 0 Å². The Bertz CT molecular complexity index is 929. The van der Waals surface area contributed by atoms with Gasteiger partial charge in [0.25, 0.3) is 11.8 Å². The Kier molecular flexibility index (Phi) is 4.54. The number of amides is 2. The minimum Gasteiger partial charge on any atom is -0.350 e. The van der Waals surface area contributed by atoms with Crippen molar-refractivity contribution in [3.8, 4) is 0 Å². The predicted octanol–water partition coefficient (Wildman–Crippen LogP) is 3.75.